The monoisotopic (exact) mass is 638 g/mol. The lowest BCUT2D eigenvalue weighted by molar-refractivity contribution is 0.249. The maximum Gasteiger partial charge on any atom is 0.223 e. The van der Waals surface area contributed by atoms with Gasteiger partial charge in [0.15, 0.2) is 0 Å². The van der Waals surface area contributed by atoms with E-state index in [1.54, 1.807) is 12.3 Å². The highest BCUT2D eigenvalue weighted by molar-refractivity contribution is 6.42. The summed E-state index contributed by atoms with van der Waals surface area (Å²) in [5.74, 6) is 2.90. The Hall–Kier alpha value is -3.98. The second kappa shape index (κ2) is 12.8. The third-order valence-electron chi connectivity index (χ3n) is 8.73. The molecular formula is C35H36Cl2N8. The lowest BCUT2D eigenvalue weighted by Crippen LogP contribution is -2.30. The van der Waals surface area contributed by atoms with Gasteiger partial charge >= 0.3 is 0 Å². The first-order valence-electron chi connectivity index (χ1n) is 15.5. The predicted molar refractivity (Wildman–Crippen MR) is 182 cm³/mol. The zero-order chi connectivity index (χ0) is 30.9. The molecule has 8 nitrogen and oxygen atoms in total. The third-order valence-corrected chi connectivity index (χ3v) is 9.47. The summed E-state index contributed by atoms with van der Waals surface area (Å²) in [7, 11) is 2.19. The van der Waals surface area contributed by atoms with E-state index in [1.807, 2.05) is 36.7 Å². The van der Waals surface area contributed by atoms with Gasteiger partial charge in [-0.2, -0.15) is 0 Å². The van der Waals surface area contributed by atoms with Crippen molar-refractivity contribution >= 4 is 35.2 Å². The van der Waals surface area contributed by atoms with Gasteiger partial charge in [0.05, 0.1) is 27.1 Å². The Labute approximate surface area is 273 Å². The second-order valence-electron chi connectivity index (χ2n) is 12.1. The van der Waals surface area contributed by atoms with Crippen molar-refractivity contribution in [3.8, 4) is 22.6 Å². The van der Waals surface area contributed by atoms with Crippen molar-refractivity contribution < 1.29 is 0 Å². The molecule has 0 amide bonds. The first-order chi connectivity index (χ1) is 21.9. The van der Waals surface area contributed by atoms with Gasteiger partial charge in [-0.15, -0.1) is 0 Å². The first-order valence-corrected chi connectivity index (χ1v) is 16.3. The van der Waals surface area contributed by atoms with Crippen molar-refractivity contribution in [3.05, 3.63) is 107 Å². The Morgan fingerprint density at radius 3 is 2.36 bits per heavy atom. The molecule has 3 aromatic heterocycles. The summed E-state index contributed by atoms with van der Waals surface area (Å²) < 4.78 is 4.47. The van der Waals surface area contributed by atoms with Gasteiger partial charge in [0.2, 0.25) is 5.95 Å². The van der Waals surface area contributed by atoms with Crippen LogP contribution in [0, 0.1) is 0 Å². The van der Waals surface area contributed by atoms with Crippen LogP contribution in [0.3, 0.4) is 0 Å². The van der Waals surface area contributed by atoms with Crippen molar-refractivity contribution in [1.82, 2.24) is 34.0 Å². The highest BCUT2D eigenvalue weighted by Gasteiger charge is 2.29. The number of nitrogens with zero attached hydrogens (tertiary/aromatic N) is 7. The van der Waals surface area contributed by atoms with Gasteiger partial charge in [0.1, 0.15) is 11.6 Å². The van der Waals surface area contributed by atoms with E-state index in [0.29, 0.717) is 34.5 Å². The molecule has 0 radical (unpaired) electrons. The molecule has 1 N–H and O–H groups in total. The SMILES string of the molecule is C=Cc1nccn1Cc1ccc(Cn2c(C3CCN(C)CC3)nc(-c3ccc(Cl)c(Cl)c3)c2-c2ccnc(NC3CC3)n2)cc1. The van der Waals surface area contributed by atoms with E-state index in [0.717, 1.165) is 79.6 Å². The van der Waals surface area contributed by atoms with Crippen LogP contribution >= 0.6 is 23.2 Å². The van der Waals surface area contributed by atoms with Crippen molar-refractivity contribution in [2.45, 2.75) is 50.7 Å². The van der Waals surface area contributed by atoms with Gasteiger partial charge in [-0.1, -0.05) is 60.1 Å². The standard InChI is InChI=1S/C35H36Cl2N8/c1-3-31-38-16-19-44(31)21-23-4-6-24(7-5-23)22-45-33(30-12-15-39-35(41-30)40-27-9-10-27)32(26-8-11-28(36)29(37)20-26)42-34(45)25-13-17-43(2)18-14-25/h3-8,11-12,15-16,19-20,25,27H,1,9-10,13-14,17-18,21-22H2,2H3,(H,39,40,41). The van der Waals surface area contributed by atoms with Gasteiger partial charge in [-0.3, -0.25) is 0 Å². The number of hydrogen-bond acceptors (Lipinski definition) is 6. The predicted octanol–water partition coefficient (Wildman–Crippen LogP) is 7.63. The van der Waals surface area contributed by atoms with Crippen LogP contribution < -0.4 is 5.32 Å². The number of rotatable bonds is 10. The van der Waals surface area contributed by atoms with E-state index in [2.05, 4.69) is 67.2 Å². The molecule has 230 valence electrons. The van der Waals surface area contributed by atoms with Gasteiger partial charge < -0.3 is 19.4 Å². The van der Waals surface area contributed by atoms with Crippen molar-refractivity contribution in [2.24, 2.45) is 0 Å². The number of imidazole rings is 2. The van der Waals surface area contributed by atoms with Crippen LogP contribution in [-0.4, -0.2) is 60.1 Å². The van der Waals surface area contributed by atoms with Gasteiger partial charge in [-0.25, -0.2) is 19.9 Å². The number of benzene rings is 2. The fourth-order valence-corrected chi connectivity index (χ4v) is 6.36. The molecule has 1 saturated heterocycles. The van der Waals surface area contributed by atoms with Crippen molar-refractivity contribution in [1.29, 1.82) is 0 Å². The molecule has 5 aromatic rings. The number of anilines is 1. The largest absolute Gasteiger partial charge is 0.351 e. The molecule has 1 aliphatic heterocycles. The van der Waals surface area contributed by atoms with E-state index in [1.165, 1.54) is 11.1 Å². The average Bonchev–Trinajstić information content (AvgIpc) is 3.62. The minimum Gasteiger partial charge on any atom is -0.351 e. The maximum atomic E-state index is 6.56. The first kappa shape index (κ1) is 29.7. The molecule has 10 heteroatoms. The normalized spacial score (nSPS) is 15.8. The lowest BCUT2D eigenvalue weighted by Gasteiger charge is -2.29. The zero-order valence-corrected chi connectivity index (χ0v) is 26.8. The number of hydrogen-bond donors (Lipinski definition) is 1. The summed E-state index contributed by atoms with van der Waals surface area (Å²) in [6.07, 6.45) is 11.8. The number of nitrogens with one attached hydrogen (secondary N) is 1. The number of likely N-dealkylation sites (tertiary alicyclic amines) is 1. The Kier molecular flexibility index (Phi) is 8.45. The van der Waals surface area contributed by atoms with E-state index in [9.17, 15) is 0 Å². The number of piperidine rings is 1. The Balaban J connectivity index is 1.32. The molecule has 2 fully saturated rings. The van der Waals surface area contributed by atoms with Gasteiger partial charge in [-0.05, 0) is 81.2 Å². The Morgan fingerprint density at radius 1 is 0.889 bits per heavy atom. The van der Waals surface area contributed by atoms with Crippen molar-refractivity contribution in [2.75, 3.05) is 25.5 Å². The fourth-order valence-electron chi connectivity index (χ4n) is 6.06. The van der Waals surface area contributed by atoms with Crippen LogP contribution in [0.4, 0.5) is 5.95 Å². The van der Waals surface area contributed by atoms with Crippen LogP contribution in [0.1, 0.15) is 54.4 Å². The molecule has 7 rings (SSSR count). The van der Waals surface area contributed by atoms with Gasteiger partial charge in [0.25, 0.3) is 0 Å². The molecule has 0 atom stereocenters. The molecular weight excluding hydrogens is 603 g/mol. The van der Waals surface area contributed by atoms with Crippen LogP contribution in [-0.2, 0) is 13.1 Å². The molecule has 4 heterocycles. The molecule has 2 aliphatic rings. The number of halogens is 2. The molecule has 2 aromatic carbocycles. The quantitative estimate of drug-likeness (QED) is 0.169. The van der Waals surface area contributed by atoms with Crippen molar-refractivity contribution in [3.63, 3.8) is 0 Å². The van der Waals surface area contributed by atoms with E-state index >= 15 is 0 Å². The highest BCUT2D eigenvalue weighted by Crippen LogP contribution is 2.39. The zero-order valence-electron chi connectivity index (χ0n) is 25.3. The summed E-state index contributed by atoms with van der Waals surface area (Å²) in [6, 6.07) is 17.0. The third kappa shape index (κ3) is 6.54. The van der Waals surface area contributed by atoms with Crippen LogP contribution in [0.25, 0.3) is 28.7 Å². The minimum absolute atomic E-state index is 0.320. The van der Waals surface area contributed by atoms with Gasteiger partial charge in [0, 0.05) is 49.2 Å². The summed E-state index contributed by atoms with van der Waals surface area (Å²) in [5.41, 5.74) is 5.94. The Bertz CT molecular complexity index is 1810. The molecule has 0 unspecified atom stereocenters. The van der Waals surface area contributed by atoms with Crippen LogP contribution in [0.5, 0.6) is 0 Å². The van der Waals surface area contributed by atoms with E-state index < -0.39 is 0 Å². The lowest BCUT2D eigenvalue weighted by atomic mass is 9.96. The fraction of sp³-hybridized carbons (Fsp3) is 0.314. The number of aromatic nitrogens is 6. The second-order valence-corrected chi connectivity index (χ2v) is 12.9. The van der Waals surface area contributed by atoms with E-state index in [4.69, 9.17) is 33.2 Å². The molecule has 1 aliphatic carbocycles. The summed E-state index contributed by atoms with van der Waals surface area (Å²) in [6.45, 7) is 7.35. The maximum absolute atomic E-state index is 6.56. The van der Waals surface area contributed by atoms with E-state index in [-0.39, 0.29) is 0 Å². The molecule has 1 saturated carbocycles. The molecule has 45 heavy (non-hydrogen) atoms. The topological polar surface area (TPSA) is 76.7 Å². The van der Waals surface area contributed by atoms with Crippen LogP contribution in [0.15, 0.2) is 73.7 Å². The Morgan fingerprint density at radius 2 is 1.64 bits per heavy atom. The molecule has 0 bridgehead atoms. The smallest absolute Gasteiger partial charge is 0.223 e. The highest BCUT2D eigenvalue weighted by atomic mass is 35.5. The average molecular weight is 640 g/mol. The molecule has 0 spiro atoms. The summed E-state index contributed by atoms with van der Waals surface area (Å²) in [5, 5.41) is 4.49. The summed E-state index contributed by atoms with van der Waals surface area (Å²) in [4.78, 5) is 21.7. The van der Waals surface area contributed by atoms with Crippen LogP contribution in [0.2, 0.25) is 10.0 Å². The minimum atomic E-state index is 0.320. The summed E-state index contributed by atoms with van der Waals surface area (Å²) >= 11 is 12.9.